The zero-order valence-electron chi connectivity index (χ0n) is 16.2. The van der Waals surface area contributed by atoms with Gasteiger partial charge in [-0.3, -0.25) is 9.36 Å². The van der Waals surface area contributed by atoms with Crippen LogP contribution in [-0.2, 0) is 21.9 Å². The summed E-state index contributed by atoms with van der Waals surface area (Å²) in [6.07, 6.45) is 1.15. The van der Waals surface area contributed by atoms with Crippen molar-refractivity contribution in [3.63, 3.8) is 0 Å². The van der Waals surface area contributed by atoms with Crippen LogP contribution in [0.1, 0.15) is 52.6 Å². The fourth-order valence-electron chi connectivity index (χ4n) is 3.52. The molecule has 27 heavy (non-hydrogen) atoms. The minimum Gasteiger partial charge on any atom is -0.508 e. The van der Waals surface area contributed by atoms with Crippen molar-refractivity contribution in [2.24, 2.45) is 0 Å². The molecule has 0 bridgehead atoms. The third kappa shape index (κ3) is 5.44. The fraction of sp³-hybridized carbons (Fsp3) is 0.381. The number of phenolic OH excluding ortho intramolecular Hbond substituents is 1. The molecule has 0 saturated carbocycles. The molecule has 2 unspecified atom stereocenters. The first-order chi connectivity index (χ1) is 12.5. The molecule has 0 aromatic heterocycles. The molecule has 6 heteroatoms. The van der Waals surface area contributed by atoms with E-state index in [0.29, 0.717) is 18.4 Å². The molecule has 146 valence electrons. The van der Waals surface area contributed by atoms with E-state index in [1.54, 1.807) is 25.1 Å². The molecule has 2 rings (SSSR count). The van der Waals surface area contributed by atoms with Crippen molar-refractivity contribution in [3.05, 3.63) is 63.7 Å². The van der Waals surface area contributed by atoms with Crippen molar-refractivity contribution in [2.45, 2.75) is 45.7 Å². The molecule has 2 aromatic carbocycles. The number of benzene rings is 2. The molecule has 0 aliphatic rings. The monoisotopic (exact) mass is 390 g/mol. The molecule has 0 aliphatic heterocycles. The number of aromatic hydroxyl groups is 1. The van der Waals surface area contributed by atoms with Gasteiger partial charge in [-0.25, -0.2) is 0 Å². The zero-order valence-corrected chi connectivity index (χ0v) is 17.1. The summed E-state index contributed by atoms with van der Waals surface area (Å²) in [4.78, 5) is 21.1. The van der Waals surface area contributed by atoms with E-state index in [9.17, 15) is 24.5 Å². The van der Waals surface area contributed by atoms with E-state index in [-0.39, 0.29) is 11.9 Å². The number of carboxylic acids is 1. The van der Waals surface area contributed by atoms with Gasteiger partial charge in [0.25, 0.3) is 0 Å². The van der Waals surface area contributed by atoms with E-state index in [1.807, 2.05) is 26.0 Å². The number of phenols is 1. The number of carbonyl (C=O) groups is 1. The number of hydrogen-bond acceptors (Lipinski definition) is 3. The second-order valence-corrected chi connectivity index (χ2v) is 9.70. The van der Waals surface area contributed by atoms with Crippen LogP contribution in [0.25, 0.3) is 0 Å². The Morgan fingerprint density at radius 2 is 1.70 bits per heavy atom. The Labute approximate surface area is 160 Å². The lowest BCUT2D eigenvalue weighted by molar-refractivity contribution is -0.138. The van der Waals surface area contributed by atoms with Crippen molar-refractivity contribution in [2.75, 3.05) is 6.66 Å². The van der Waals surface area contributed by atoms with Gasteiger partial charge in [0.05, 0.1) is 5.92 Å². The first-order valence-electron chi connectivity index (χ1n) is 8.94. The van der Waals surface area contributed by atoms with Gasteiger partial charge in [0.1, 0.15) is 5.75 Å². The standard InChI is InChI=1S/C21H27O5P/c1-5-17(21(23)24)19-11-15(6-7-20(19)22)10-18-13(2)8-16(9-14(18)3)12-27(4,25)26/h6-9,11,17,22H,5,10,12H2,1-4H3,(H,23,24)(H,25,26). The lowest BCUT2D eigenvalue weighted by atomic mass is 9.90. The van der Waals surface area contributed by atoms with Crippen LogP contribution in [0.15, 0.2) is 30.3 Å². The molecular formula is C21H27O5P. The number of carboxylic acid groups (broad SMARTS) is 1. The quantitative estimate of drug-likeness (QED) is 0.602. The van der Waals surface area contributed by atoms with Gasteiger partial charge in [-0.05, 0) is 60.6 Å². The summed E-state index contributed by atoms with van der Waals surface area (Å²) < 4.78 is 11.7. The van der Waals surface area contributed by atoms with Gasteiger partial charge >= 0.3 is 5.97 Å². The van der Waals surface area contributed by atoms with Gasteiger partial charge in [-0.15, -0.1) is 0 Å². The summed E-state index contributed by atoms with van der Waals surface area (Å²) in [7, 11) is -3.13. The molecule has 0 aliphatic carbocycles. The molecule has 0 saturated heterocycles. The van der Waals surface area contributed by atoms with E-state index in [0.717, 1.165) is 27.8 Å². The lowest BCUT2D eigenvalue weighted by Gasteiger charge is -2.16. The highest BCUT2D eigenvalue weighted by atomic mass is 31.2. The van der Waals surface area contributed by atoms with Crippen molar-refractivity contribution in [1.82, 2.24) is 0 Å². The highest BCUT2D eigenvalue weighted by Gasteiger charge is 2.21. The molecule has 2 atom stereocenters. The Morgan fingerprint density at radius 3 is 2.19 bits per heavy atom. The van der Waals surface area contributed by atoms with Crippen LogP contribution in [0.5, 0.6) is 5.75 Å². The molecule has 5 nitrogen and oxygen atoms in total. The minimum atomic E-state index is -3.13. The summed E-state index contributed by atoms with van der Waals surface area (Å²) >= 11 is 0. The van der Waals surface area contributed by atoms with E-state index in [2.05, 4.69) is 0 Å². The minimum absolute atomic E-state index is 0.00145. The predicted octanol–water partition coefficient (Wildman–Crippen LogP) is 4.58. The van der Waals surface area contributed by atoms with Gasteiger partial charge < -0.3 is 15.1 Å². The maximum absolute atomic E-state index is 11.7. The first kappa shape index (κ1) is 21.2. The van der Waals surface area contributed by atoms with E-state index >= 15 is 0 Å². The van der Waals surface area contributed by atoms with E-state index in [4.69, 9.17) is 0 Å². The summed E-state index contributed by atoms with van der Waals surface area (Å²) in [6, 6.07) is 8.98. The molecule has 0 fully saturated rings. The number of hydrogen-bond donors (Lipinski definition) is 3. The number of aliphatic carboxylic acids is 1. The largest absolute Gasteiger partial charge is 0.508 e. The highest BCUT2D eigenvalue weighted by molar-refractivity contribution is 7.56. The average Bonchev–Trinajstić information content (AvgIpc) is 2.52. The third-order valence-corrected chi connectivity index (χ3v) is 5.74. The van der Waals surface area contributed by atoms with Crippen molar-refractivity contribution >= 4 is 13.3 Å². The molecule has 0 heterocycles. The van der Waals surface area contributed by atoms with Crippen LogP contribution in [0.3, 0.4) is 0 Å². The Hall–Kier alpha value is -2.10. The number of rotatable bonds is 7. The zero-order chi connectivity index (χ0) is 20.4. The first-order valence-corrected chi connectivity index (χ1v) is 11.2. The van der Waals surface area contributed by atoms with Crippen LogP contribution < -0.4 is 0 Å². The molecule has 0 radical (unpaired) electrons. The van der Waals surface area contributed by atoms with Gasteiger partial charge in [0.15, 0.2) is 0 Å². The Morgan fingerprint density at radius 1 is 1.11 bits per heavy atom. The molecule has 0 spiro atoms. The number of aryl methyl sites for hydroxylation is 2. The normalized spacial score (nSPS) is 14.6. The fourth-order valence-corrected chi connectivity index (χ4v) is 4.38. The third-order valence-electron chi connectivity index (χ3n) is 4.79. The van der Waals surface area contributed by atoms with Gasteiger partial charge in [0, 0.05) is 18.4 Å². The molecule has 2 aromatic rings. The second kappa shape index (κ2) is 8.28. The van der Waals surface area contributed by atoms with Crippen molar-refractivity contribution in [3.8, 4) is 5.75 Å². The Bertz CT molecular complexity index is 874. The second-order valence-electron chi connectivity index (χ2n) is 7.29. The highest BCUT2D eigenvalue weighted by Crippen LogP contribution is 2.40. The van der Waals surface area contributed by atoms with E-state index in [1.165, 1.54) is 6.66 Å². The van der Waals surface area contributed by atoms with E-state index < -0.39 is 19.3 Å². The van der Waals surface area contributed by atoms with Crippen molar-refractivity contribution in [1.29, 1.82) is 0 Å². The summed E-state index contributed by atoms with van der Waals surface area (Å²) in [5, 5.41) is 19.5. The lowest BCUT2D eigenvalue weighted by Crippen LogP contribution is -2.11. The molecule has 3 N–H and O–H groups in total. The SMILES string of the molecule is CCC(C(=O)O)c1cc(Cc2c(C)cc(CP(C)(=O)O)cc2C)ccc1O. The van der Waals surface area contributed by atoms with Crippen LogP contribution in [0, 0.1) is 13.8 Å². The molecular weight excluding hydrogens is 363 g/mol. The van der Waals surface area contributed by atoms with Crippen molar-refractivity contribution < 1.29 is 24.5 Å². The van der Waals surface area contributed by atoms with Gasteiger partial charge in [-0.2, -0.15) is 0 Å². The average molecular weight is 390 g/mol. The summed E-state index contributed by atoms with van der Waals surface area (Å²) in [5.41, 5.74) is 5.34. The molecule has 0 amide bonds. The van der Waals surface area contributed by atoms with Gasteiger partial charge in [-0.1, -0.05) is 31.2 Å². The predicted molar refractivity (Wildman–Crippen MR) is 107 cm³/mol. The topological polar surface area (TPSA) is 94.8 Å². The van der Waals surface area contributed by atoms with Gasteiger partial charge in [0.2, 0.25) is 7.37 Å². The maximum Gasteiger partial charge on any atom is 0.311 e. The Kier molecular flexibility index (Phi) is 6.50. The van der Waals surface area contributed by atoms with Crippen LogP contribution in [0.4, 0.5) is 0 Å². The Balaban J connectivity index is 2.37. The smallest absolute Gasteiger partial charge is 0.311 e. The van der Waals surface area contributed by atoms with Crippen LogP contribution in [-0.4, -0.2) is 27.7 Å². The summed E-state index contributed by atoms with van der Waals surface area (Å²) in [5.74, 6) is -1.69. The summed E-state index contributed by atoms with van der Waals surface area (Å²) in [6.45, 7) is 7.08. The van der Waals surface area contributed by atoms with Crippen LogP contribution in [0.2, 0.25) is 0 Å². The van der Waals surface area contributed by atoms with Crippen LogP contribution >= 0.6 is 7.37 Å². The maximum atomic E-state index is 11.7.